The van der Waals surface area contributed by atoms with Crippen molar-refractivity contribution in [1.82, 2.24) is 10.3 Å². The molecule has 2 aromatic rings. The minimum absolute atomic E-state index is 0.444. The molecule has 7 heteroatoms. The fourth-order valence-electron chi connectivity index (χ4n) is 4.76. The van der Waals surface area contributed by atoms with Crippen LogP contribution in [0.4, 0.5) is 11.5 Å². The van der Waals surface area contributed by atoms with Crippen LogP contribution in [0.25, 0.3) is 11.1 Å². The van der Waals surface area contributed by atoms with Crippen molar-refractivity contribution in [3.63, 3.8) is 0 Å². The number of nitrogens with one attached hydrogen (secondary N) is 3. The van der Waals surface area contributed by atoms with Crippen molar-refractivity contribution in [2.24, 2.45) is 5.92 Å². The van der Waals surface area contributed by atoms with Crippen molar-refractivity contribution in [2.75, 3.05) is 50.7 Å². The molecule has 0 bridgehead atoms. The number of aromatic nitrogens is 1. The maximum absolute atomic E-state index is 6.56. The third kappa shape index (κ3) is 7.31. The average molecular weight is 473 g/mol. The molecule has 6 nitrogen and oxygen atoms in total. The Bertz CT molecular complexity index is 867. The normalized spacial score (nSPS) is 21.6. The standard InChI is InChI=1S/C26H37ClN4O2/c1-32-14-11-28-21-5-7-22(8-6-21)31-26-16-24(25(27)18-30-26)20-3-2-4-23(15-20)29-17-19-9-12-33-13-10-19/h2-4,15-16,18-19,21-22,28-29H,5-14,17H2,1H3,(H,30,31). The van der Waals surface area contributed by atoms with Gasteiger partial charge in [0.25, 0.3) is 0 Å². The third-order valence-corrected chi connectivity index (χ3v) is 7.08. The minimum Gasteiger partial charge on any atom is -0.385 e. The van der Waals surface area contributed by atoms with Gasteiger partial charge in [-0.15, -0.1) is 0 Å². The summed E-state index contributed by atoms with van der Waals surface area (Å²) in [5.74, 6) is 1.57. The summed E-state index contributed by atoms with van der Waals surface area (Å²) >= 11 is 6.56. The lowest BCUT2D eigenvalue weighted by molar-refractivity contribution is 0.0699. The summed E-state index contributed by atoms with van der Waals surface area (Å²) < 4.78 is 10.6. The molecular weight excluding hydrogens is 436 g/mol. The highest BCUT2D eigenvalue weighted by atomic mass is 35.5. The minimum atomic E-state index is 0.444. The molecule has 0 spiro atoms. The lowest BCUT2D eigenvalue weighted by Crippen LogP contribution is -2.38. The first-order chi connectivity index (χ1) is 16.2. The van der Waals surface area contributed by atoms with Crippen LogP contribution in [-0.4, -0.2) is 57.1 Å². The Hall–Kier alpha value is -1.86. The fraction of sp³-hybridized carbons (Fsp3) is 0.577. The molecule has 1 aliphatic heterocycles. The molecule has 2 fully saturated rings. The van der Waals surface area contributed by atoms with E-state index in [0.717, 1.165) is 81.2 Å². The Balaban J connectivity index is 1.34. The van der Waals surface area contributed by atoms with Gasteiger partial charge in [0.1, 0.15) is 5.82 Å². The van der Waals surface area contributed by atoms with Gasteiger partial charge in [0.2, 0.25) is 0 Å². The second kappa shape index (κ2) is 12.6. The van der Waals surface area contributed by atoms with Crippen LogP contribution in [-0.2, 0) is 9.47 Å². The number of hydrogen-bond acceptors (Lipinski definition) is 6. The van der Waals surface area contributed by atoms with Crippen molar-refractivity contribution < 1.29 is 9.47 Å². The summed E-state index contributed by atoms with van der Waals surface area (Å²) in [5.41, 5.74) is 3.24. The van der Waals surface area contributed by atoms with E-state index in [1.54, 1.807) is 13.3 Å². The molecule has 0 radical (unpaired) electrons. The summed E-state index contributed by atoms with van der Waals surface area (Å²) in [4.78, 5) is 4.56. The van der Waals surface area contributed by atoms with Crippen LogP contribution >= 0.6 is 11.6 Å². The average Bonchev–Trinajstić information content (AvgIpc) is 2.86. The summed E-state index contributed by atoms with van der Waals surface area (Å²) in [7, 11) is 1.75. The molecule has 2 heterocycles. The number of halogens is 1. The van der Waals surface area contributed by atoms with Gasteiger partial charge < -0.3 is 25.4 Å². The number of ether oxygens (including phenoxy) is 2. The van der Waals surface area contributed by atoms with E-state index in [1.165, 1.54) is 12.8 Å². The first-order valence-electron chi connectivity index (χ1n) is 12.3. The van der Waals surface area contributed by atoms with Gasteiger partial charge >= 0.3 is 0 Å². The molecule has 2 aliphatic rings. The highest BCUT2D eigenvalue weighted by Crippen LogP contribution is 2.32. The Morgan fingerprint density at radius 3 is 2.64 bits per heavy atom. The van der Waals surface area contributed by atoms with E-state index >= 15 is 0 Å². The second-order valence-corrected chi connectivity index (χ2v) is 9.61. The highest BCUT2D eigenvalue weighted by Gasteiger charge is 2.21. The van der Waals surface area contributed by atoms with Crippen LogP contribution in [0.2, 0.25) is 5.02 Å². The monoisotopic (exact) mass is 472 g/mol. The van der Waals surface area contributed by atoms with Crippen LogP contribution < -0.4 is 16.0 Å². The Labute approximate surface area is 202 Å². The topological polar surface area (TPSA) is 67.4 Å². The number of benzene rings is 1. The van der Waals surface area contributed by atoms with Gasteiger partial charge in [0.05, 0.1) is 11.6 Å². The maximum Gasteiger partial charge on any atom is 0.126 e. The molecule has 180 valence electrons. The van der Waals surface area contributed by atoms with Crippen molar-refractivity contribution in [2.45, 2.75) is 50.6 Å². The molecule has 1 aliphatic carbocycles. The largest absolute Gasteiger partial charge is 0.385 e. The molecule has 1 aromatic heterocycles. The van der Waals surface area contributed by atoms with E-state index < -0.39 is 0 Å². The van der Waals surface area contributed by atoms with Gasteiger partial charge in [0, 0.05) is 62.9 Å². The zero-order valence-electron chi connectivity index (χ0n) is 19.6. The lowest BCUT2D eigenvalue weighted by Gasteiger charge is -2.30. The van der Waals surface area contributed by atoms with Crippen LogP contribution in [0.5, 0.6) is 0 Å². The van der Waals surface area contributed by atoms with Gasteiger partial charge in [-0.1, -0.05) is 23.7 Å². The Kier molecular flexibility index (Phi) is 9.24. The molecule has 0 atom stereocenters. The Morgan fingerprint density at radius 1 is 1.06 bits per heavy atom. The zero-order valence-corrected chi connectivity index (χ0v) is 20.4. The van der Waals surface area contributed by atoms with Gasteiger partial charge in [0.15, 0.2) is 0 Å². The van der Waals surface area contributed by atoms with E-state index in [1.807, 2.05) is 0 Å². The molecular formula is C26H37ClN4O2. The van der Waals surface area contributed by atoms with Gasteiger partial charge in [-0.3, -0.25) is 0 Å². The number of nitrogens with zero attached hydrogens (tertiary/aromatic N) is 1. The highest BCUT2D eigenvalue weighted by molar-refractivity contribution is 6.33. The van der Waals surface area contributed by atoms with E-state index in [9.17, 15) is 0 Å². The number of anilines is 2. The third-order valence-electron chi connectivity index (χ3n) is 6.78. The van der Waals surface area contributed by atoms with Crippen molar-refractivity contribution in [3.05, 3.63) is 41.6 Å². The molecule has 4 rings (SSSR count). The van der Waals surface area contributed by atoms with E-state index in [2.05, 4.69) is 51.3 Å². The molecule has 0 unspecified atom stereocenters. The molecule has 3 N–H and O–H groups in total. The molecule has 1 saturated carbocycles. The smallest absolute Gasteiger partial charge is 0.126 e. The van der Waals surface area contributed by atoms with Gasteiger partial charge in [-0.2, -0.15) is 0 Å². The molecule has 1 aromatic carbocycles. The number of pyridine rings is 1. The predicted octanol–water partition coefficient (Wildman–Crippen LogP) is 5.20. The molecule has 33 heavy (non-hydrogen) atoms. The zero-order chi connectivity index (χ0) is 22.9. The lowest BCUT2D eigenvalue weighted by atomic mass is 9.91. The van der Waals surface area contributed by atoms with Gasteiger partial charge in [-0.05, 0) is 68.2 Å². The summed E-state index contributed by atoms with van der Waals surface area (Å²) in [5, 5.41) is 11.5. The van der Waals surface area contributed by atoms with Crippen LogP contribution in [0, 0.1) is 5.92 Å². The van der Waals surface area contributed by atoms with Crippen molar-refractivity contribution in [1.29, 1.82) is 0 Å². The number of rotatable bonds is 10. The van der Waals surface area contributed by atoms with E-state index in [4.69, 9.17) is 21.1 Å². The molecule has 1 saturated heterocycles. The van der Waals surface area contributed by atoms with Crippen molar-refractivity contribution in [3.8, 4) is 11.1 Å². The SMILES string of the molecule is COCCNC1CCC(Nc2cc(-c3cccc(NCC4CCOCC4)c3)c(Cl)cn2)CC1. The maximum atomic E-state index is 6.56. The first kappa shape index (κ1) is 24.3. The fourth-order valence-corrected chi connectivity index (χ4v) is 4.98. The van der Waals surface area contributed by atoms with Crippen molar-refractivity contribution >= 4 is 23.1 Å². The van der Waals surface area contributed by atoms with Crippen LogP contribution in [0.15, 0.2) is 36.5 Å². The molecule has 0 amide bonds. The summed E-state index contributed by atoms with van der Waals surface area (Å²) in [6.45, 7) is 4.42. The van der Waals surface area contributed by atoms with Crippen LogP contribution in [0.3, 0.4) is 0 Å². The van der Waals surface area contributed by atoms with E-state index in [-0.39, 0.29) is 0 Å². The Morgan fingerprint density at radius 2 is 1.85 bits per heavy atom. The first-order valence-corrected chi connectivity index (χ1v) is 12.7. The number of methoxy groups -OCH3 is 1. The number of hydrogen-bond donors (Lipinski definition) is 3. The van der Waals surface area contributed by atoms with Gasteiger partial charge in [-0.25, -0.2) is 4.98 Å². The predicted molar refractivity (Wildman–Crippen MR) is 136 cm³/mol. The summed E-state index contributed by atoms with van der Waals surface area (Å²) in [6, 6.07) is 11.6. The van der Waals surface area contributed by atoms with Crippen LogP contribution in [0.1, 0.15) is 38.5 Å². The van der Waals surface area contributed by atoms with E-state index in [0.29, 0.717) is 23.0 Å². The quantitative estimate of drug-likeness (QED) is 0.413. The summed E-state index contributed by atoms with van der Waals surface area (Å²) in [6.07, 6.45) is 8.63. The second-order valence-electron chi connectivity index (χ2n) is 9.21.